The van der Waals surface area contributed by atoms with Crippen molar-refractivity contribution in [3.8, 4) is 22.6 Å². The number of aryl methyl sites for hydroxylation is 1. The normalized spacial score (nSPS) is 13.1. The van der Waals surface area contributed by atoms with Crippen molar-refractivity contribution in [3.05, 3.63) is 87.1 Å². The molecule has 0 radical (unpaired) electrons. The van der Waals surface area contributed by atoms with Gasteiger partial charge in [-0.1, -0.05) is 34.1 Å². The van der Waals surface area contributed by atoms with Gasteiger partial charge in [0.25, 0.3) is 5.82 Å². The van der Waals surface area contributed by atoms with Gasteiger partial charge in [-0.15, -0.1) is 0 Å². The first-order chi connectivity index (χ1) is 14.1. The molecule has 5 nitrogen and oxygen atoms in total. The van der Waals surface area contributed by atoms with Crippen LogP contribution in [0.2, 0.25) is 0 Å². The highest BCUT2D eigenvalue weighted by Crippen LogP contribution is 2.28. The number of nitrogens with zero attached hydrogens (tertiary/aromatic N) is 4. The lowest BCUT2D eigenvalue weighted by atomic mass is 10.1. The van der Waals surface area contributed by atoms with Gasteiger partial charge in [-0.2, -0.15) is 4.57 Å². The van der Waals surface area contributed by atoms with Crippen LogP contribution < -0.4 is 10.1 Å². The Labute approximate surface area is 177 Å². The molecule has 0 unspecified atom stereocenters. The van der Waals surface area contributed by atoms with Crippen LogP contribution in [0.1, 0.15) is 17.9 Å². The first-order valence-corrected chi connectivity index (χ1v) is 10.6. The van der Waals surface area contributed by atoms with Crippen LogP contribution in [0.4, 0.5) is 0 Å². The third-order valence-electron chi connectivity index (χ3n) is 5.80. The number of para-hydroxylation sites is 1. The van der Waals surface area contributed by atoms with Crippen LogP contribution in [0.25, 0.3) is 22.6 Å². The van der Waals surface area contributed by atoms with Gasteiger partial charge in [0.05, 0.1) is 24.3 Å². The Bertz CT molecular complexity index is 1260. The van der Waals surface area contributed by atoms with E-state index in [0.29, 0.717) is 0 Å². The molecule has 6 heteroatoms. The number of rotatable bonds is 3. The molecule has 2 aromatic carbocycles. The van der Waals surface area contributed by atoms with Gasteiger partial charge in [-0.05, 0) is 49.7 Å². The maximum absolute atomic E-state index is 13.7. The highest BCUT2D eigenvalue weighted by atomic mass is 79.9. The van der Waals surface area contributed by atoms with E-state index in [1.165, 1.54) is 5.82 Å². The summed E-state index contributed by atoms with van der Waals surface area (Å²) in [5.41, 5.74) is 4.70. The maximum atomic E-state index is 13.7. The molecule has 29 heavy (non-hydrogen) atoms. The van der Waals surface area contributed by atoms with E-state index in [1.807, 2.05) is 61.1 Å². The fourth-order valence-electron chi connectivity index (χ4n) is 4.29. The van der Waals surface area contributed by atoms with Gasteiger partial charge < -0.3 is 0 Å². The van der Waals surface area contributed by atoms with E-state index in [9.17, 15) is 4.79 Å². The van der Waals surface area contributed by atoms with Crippen molar-refractivity contribution in [2.45, 2.75) is 26.3 Å². The molecule has 0 N–H and O–H groups in total. The molecule has 1 aliphatic rings. The van der Waals surface area contributed by atoms with E-state index >= 15 is 0 Å². The Morgan fingerprint density at radius 2 is 1.76 bits per heavy atom. The third-order valence-corrected chi connectivity index (χ3v) is 6.32. The summed E-state index contributed by atoms with van der Waals surface area (Å²) in [7, 11) is 1.95. The predicted octanol–water partition coefficient (Wildman–Crippen LogP) is 3.94. The molecule has 0 atom stereocenters. The summed E-state index contributed by atoms with van der Waals surface area (Å²) in [6.07, 6.45) is 4.26. The zero-order chi connectivity index (χ0) is 20.1. The van der Waals surface area contributed by atoms with Crippen molar-refractivity contribution in [2.75, 3.05) is 0 Å². The van der Waals surface area contributed by atoms with E-state index < -0.39 is 0 Å². The van der Waals surface area contributed by atoms with Crippen molar-refractivity contribution in [1.82, 2.24) is 13.9 Å². The molecule has 0 saturated heterocycles. The van der Waals surface area contributed by atoms with Crippen LogP contribution >= 0.6 is 15.9 Å². The van der Waals surface area contributed by atoms with Crippen molar-refractivity contribution < 1.29 is 4.57 Å². The lowest BCUT2D eigenvalue weighted by molar-refractivity contribution is -0.689. The molecule has 0 spiro atoms. The molecule has 2 aromatic heterocycles. The molecule has 5 rings (SSSR count). The number of imidazole rings is 1. The number of hydrogen-bond donors (Lipinski definition) is 0. The van der Waals surface area contributed by atoms with Gasteiger partial charge in [-0.25, -0.2) is 9.25 Å². The monoisotopic (exact) mass is 449 g/mol. The average Bonchev–Trinajstić information content (AvgIpc) is 3.37. The van der Waals surface area contributed by atoms with Gasteiger partial charge in [0, 0.05) is 17.1 Å². The summed E-state index contributed by atoms with van der Waals surface area (Å²) in [4.78, 5) is 13.7. The van der Waals surface area contributed by atoms with E-state index in [-0.39, 0.29) is 5.56 Å². The Kier molecular flexibility index (Phi) is 4.32. The quantitative estimate of drug-likeness (QED) is 0.436. The zero-order valence-electron chi connectivity index (χ0n) is 16.5. The molecule has 0 aliphatic carbocycles. The Morgan fingerprint density at radius 1 is 1.03 bits per heavy atom. The first kappa shape index (κ1) is 18.2. The maximum Gasteiger partial charge on any atom is 0.319 e. The highest BCUT2D eigenvalue weighted by Gasteiger charge is 2.34. The number of fused-ring (bicyclic) bond motifs is 1. The van der Waals surface area contributed by atoms with Crippen LogP contribution in [0.5, 0.6) is 0 Å². The van der Waals surface area contributed by atoms with Gasteiger partial charge in [0.1, 0.15) is 6.20 Å². The molecule has 4 aromatic rings. The molecule has 0 bridgehead atoms. The second-order valence-electron chi connectivity index (χ2n) is 7.48. The summed E-state index contributed by atoms with van der Waals surface area (Å²) < 4.78 is 9.21. The molecule has 0 saturated carbocycles. The summed E-state index contributed by atoms with van der Waals surface area (Å²) >= 11 is 3.52. The topological polar surface area (TPSA) is 35.7 Å². The van der Waals surface area contributed by atoms with E-state index in [4.69, 9.17) is 0 Å². The van der Waals surface area contributed by atoms with Crippen molar-refractivity contribution in [1.29, 1.82) is 0 Å². The van der Waals surface area contributed by atoms with Gasteiger partial charge >= 0.3 is 5.56 Å². The molecule has 0 fully saturated rings. The Balaban J connectivity index is 1.80. The molecule has 0 amide bonds. The Hall–Kier alpha value is -2.86. The van der Waals surface area contributed by atoms with Crippen LogP contribution in [0.15, 0.2) is 70.1 Å². The molecular formula is C23H22BrN4O+. The molecular weight excluding hydrogens is 428 g/mol. The van der Waals surface area contributed by atoms with Crippen molar-refractivity contribution in [3.63, 3.8) is 0 Å². The summed E-state index contributed by atoms with van der Waals surface area (Å²) in [6.45, 7) is 3.01. The van der Waals surface area contributed by atoms with Crippen LogP contribution in [0, 0.1) is 6.92 Å². The predicted molar refractivity (Wildman–Crippen MR) is 117 cm³/mol. The van der Waals surface area contributed by atoms with Gasteiger partial charge in [0.2, 0.25) is 5.69 Å². The zero-order valence-corrected chi connectivity index (χ0v) is 18.1. The van der Waals surface area contributed by atoms with Crippen molar-refractivity contribution >= 4 is 15.9 Å². The second-order valence-corrected chi connectivity index (χ2v) is 8.40. The minimum Gasteiger partial charge on any atom is -0.281 e. The fraction of sp³-hybridized carbons (Fsp3) is 0.217. The summed E-state index contributed by atoms with van der Waals surface area (Å²) in [5, 5.41) is 0. The van der Waals surface area contributed by atoms with E-state index in [1.54, 1.807) is 4.68 Å². The van der Waals surface area contributed by atoms with Gasteiger partial charge in [-0.3, -0.25) is 9.48 Å². The van der Waals surface area contributed by atoms with Crippen LogP contribution in [-0.2, 0) is 20.0 Å². The number of hydrogen-bond acceptors (Lipinski definition) is 1. The molecule has 3 heterocycles. The standard InChI is InChI=1S/C23H22BrN4O/c1-16-22(23(29)28(25(16)2)19-7-4-3-5-8-19)27-20(15-26-14-6-9-21(26)27)17-10-12-18(24)13-11-17/h3-5,7-8,10-13,15H,6,9,14H2,1-2H3/q+1. The van der Waals surface area contributed by atoms with E-state index in [0.717, 1.165) is 52.2 Å². The second kappa shape index (κ2) is 6.88. The number of halogens is 1. The number of aromatic nitrogens is 4. The average molecular weight is 450 g/mol. The Morgan fingerprint density at radius 3 is 2.48 bits per heavy atom. The third kappa shape index (κ3) is 2.82. The lowest BCUT2D eigenvalue weighted by Crippen LogP contribution is -2.31. The van der Waals surface area contributed by atoms with Crippen LogP contribution in [0.3, 0.4) is 0 Å². The summed E-state index contributed by atoms with van der Waals surface area (Å²) in [6, 6.07) is 18.1. The SMILES string of the molecule is Cc1c(-n2c(-c3ccc(Br)cc3)c[n+]3c2CCC3)c(=O)n(-c2ccccc2)n1C. The minimum absolute atomic E-state index is 0.000427. The fourth-order valence-corrected chi connectivity index (χ4v) is 4.55. The first-order valence-electron chi connectivity index (χ1n) is 9.80. The molecule has 1 aliphatic heterocycles. The van der Waals surface area contributed by atoms with Gasteiger partial charge in [0.15, 0.2) is 5.69 Å². The van der Waals surface area contributed by atoms with E-state index in [2.05, 4.69) is 43.4 Å². The van der Waals surface area contributed by atoms with Crippen LogP contribution in [-0.4, -0.2) is 13.9 Å². The number of benzene rings is 2. The highest BCUT2D eigenvalue weighted by molar-refractivity contribution is 9.10. The largest absolute Gasteiger partial charge is 0.319 e. The summed E-state index contributed by atoms with van der Waals surface area (Å²) in [5.74, 6) is 1.19. The minimum atomic E-state index is 0.000427. The smallest absolute Gasteiger partial charge is 0.281 e. The molecule has 146 valence electrons. The lowest BCUT2D eigenvalue weighted by Gasteiger charge is -2.06. The van der Waals surface area contributed by atoms with Crippen molar-refractivity contribution in [2.24, 2.45) is 7.05 Å².